The number of halogens is 1. The smallest absolute Gasteiger partial charge is 0.227 e. The van der Waals surface area contributed by atoms with Gasteiger partial charge in [0.1, 0.15) is 5.69 Å². The standard InChI is InChI=1S/C31H39FN6O4/c1-18(2)38-24-13-20(27-22(32)14-34-30(36-27)35-23-7-12-42-16-26(23)39)5-6-21(24)28(40)19(3)25(38)15-37-11-9-31(17-37)8-4-10-33-29(31)41/h5-6,13-14,18,23,26,39H,4,7-12,15-17H2,1-3H3,(H,33,41)(H,34,35,36)/t23-,26-,31+/m1/s1. The van der Waals surface area contributed by atoms with Crippen LogP contribution in [0.25, 0.3) is 22.2 Å². The number of carbonyl (C=O) groups is 1. The number of piperidine rings is 1. The van der Waals surface area contributed by atoms with Crippen molar-refractivity contribution in [2.75, 3.05) is 38.2 Å². The Bertz CT molecular complexity index is 1580. The molecule has 5 heterocycles. The van der Waals surface area contributed by atoms with Crippen molar-refractivity contribution >= 4 is 22.8 Å². The molecule has 1 aromatic carbocycles. The normalized spacial score (nSPS) is 25.0. The molecule has 10 nitrogen and oxygen atoms in total. The van der Waals surface area contributed by atoms with Gasteiger partial charge >= 0.3 is 0 Å². The molecule has 2 aromatic heterocycles. The second-order valence-corrected chi connectivity index (χ2v) is 12.3. The third kappa shape index (κ3) is 5.18. The first-order chi connectivity index (χ1) is 20.2. The average molecular weight is 579 g/mol. The number of hydrogen-bond acceptors (Lipinski definition) is 8. The summed E-state index contributed by atoms with van der Waals surface area (Å²) in [6, 6.07) is 5.02. The predicted molar refractivity (Wildman–Crippen MR) is 158 cm³/mol. The Morgan fingerprint density at radius 1 is 1.29 bits per heavy atom. The van der Waals surface area contributed by atoms with Crippen LogP contribution in [0.2, 0.25) is 0 Å². The number of likely N-dealkylation sites (tertiary alicyclic amines) is 1. The van der Waals surface area contributed by atoms with E-state index in [2.05, 4.69) is 43.9 Å². The molecule has 3 aromatic rings. The molecule has 42 heavy (non-hydrogen) atoms. The molecule has 3 saturated heterocycles. The summed E-state index contributed by atoms with van der Waals surface area (Å²) in [6.45, 7) is 9.50. The first-order valence-electron chi connectivity index (χ1n) is 14.9. The molecule has 0 bridgehead atoms. The minimum absolute atomic E-state index is 0.0223. The van der Waals surface area contributed by atoms with E-state index in [0.717, 1.165) is 44.2 Å². The number of benzene rings is 1. The van der Waals surface area contributed by atoms with E-state index < -0.39 is 11.9 Å². The zero-order valence-electron chi connectivity index (χ0n) is 24.5. The van der Waals surface area contributed by atoms with Crippen LogP contribution in [0, 0.1) is 18.2 Å². The number of ether oxygens (including phenoxy) is 1. The van der Waals surface area contributed by atoms with Crippen molar-refractivity contribution in [3.05, 3.63) is 51.7 Å². The topological polar surface area (TPSA) is 122 Å². The molecule has 1 spiro atoms. The van der Waals surface area contributed by atoms with Crippen LogP contribution >= 0.6 is 0 Å². The molecule has 3 aliphatic heterocycles. The van der Waals surface area contributed by atoms with Gasteiger partial charge in [0, 0.05) is 54.5 Å². The number of carbonyl (C=O) groups excluding carboxylic acids is 1. The average Bonchev–Trinajstić information content (AvgIpc) is 3.38. The summed E-state index contributed by atoms with van der Waals surface area (Å²) in [5.74, 6) is -0.214. The summed E-state index contributed by atoms with van der Waals surface area (Å²) < 4.78 is 22.6. The van der Waals surface area contributed by atoms with E-state index in [-0.39, 0.29) is 47.1 Å². The molecule has 3 fully saturated rings. The van der Waals surface area contributed by atoms with E-state index >= 15 is 4.39 Å². The highest BCUT2D eigenvalue weighted by molar-refractivity contribution is 5.85. The van der Waals surface area contributed by atoms with Gasteiger partial charge in [0.15, 0.2) is 11.2 Å². The first kappa shape index (κ1) is 28.7. The number of nitrogens with one attached hydrogen (secondary N) is 2. The maximum Gasteiger partial charge on any atom is 0.227 e. The van der Waals surface area contributed by atoms with Gasteiger partial charge in [0.25, 0.3) is 0 Å². The summed E-state index contributed by atoms with van der Waals surface area (Å²) in [7, 11) is 0. The van der Waals surface area contributed by atoms with Crippen molar-refractivity contribution in [3.63, 3.8) is 0 Å². The van der Waals surface area contributed by atoms with Crippen molar-refractivity contribution < 1.29 is 19.0 Å². The lowest BCUT2D eigenvalue weighted by atomic mass is 9.79. The zero-order chi connectivity index (χ0) is 29.6. The second kappa shape index (κ2) is 11.3. The van der Waals surface area contributed by atoms with E-state index in [1.54, 1.807) is 12.1 Å². The highest BCUT2D eigenvalue weighted by Gasteiger charge is 2.45. The number of aliphatic hydroxyl groups excluding tert-OH is 1. The molecule has 6 rings (SSSR count). The summed E-state index contributed by atoms with van der Waals surface area (Å²) in [5.41, 5.74) is 2.55. The monoisotopic (exact) mass is 578 g/mol. The molecule has 0 aliphatic carbocycles. The van der Waals surface area contributed by atoms with Gasteiger partial charge in [-0.05, 0) is 65.1 Å². The zero-order valence-corrected chi connectivity index (χ0v) is 24.5. The summed E-state index contributed by atoms with van der Waals surface area (Å²) in [6.07, 6.45) is 3.69. The fourth-order valence-corrected chi connectivity index (χ4v) is 6.83. The van der Waals surface area contributed by atoms with Crippen LogP contribution in [0.5, 0.6) is 0 Å². The van der Waals surface area contributed by atoms with E-state index in [9.17, 15) is 14.7 Å². The molecule has 224 valence electrons. The largest absolute Gasteiger partial charge is 0.389 e. The van der Waals surface area contributed by atoms with Crippen LogP contribution in [0.4, 0.5) is 10.3 Å². The van der Waals surface area contributed by atoms with Gasteiger partial charge in [-0.1, -0.05) is 6.07 Å². The molecular weight excluding hydrogens is 539 g/mol. The van der Waals surface area contributed by atoms with Crippen molar-refractivity contribution in [1.82, 2.24) is 24.8 Å². The number of aliphatic hydroxyl groups is 1. The maximum absolute atomic E-state index is 15.1. The summed E-state index contributed by atoms with van der Waals surface area (Å²) in [5, 5.41) is 17.0. The van der Waals surface area contributed by atoms with Gasteiger partial charge in [0.05, 0.1) is 35.9 Å². The Hall–Kier alpha value is -3.41. The van der Waals surface area contributed by atoms with E-state index in [0.29, 0.717) is 48.1 Å². The summed E-state index contributed by atoms with van der Waals surface area (Å²) in [4.78, 5) is 37.3. The Kier molecular flexibility index (Phi) is 7.75. The molecule has 3 aliphatic rings. The molecule has 0 radical (unpaired) electrons. The van der Waals surface area contributed by atoms with Gasteiger partial charge in [0.2, 0.25) is 11.9 Å². The molecule has 0 unspecified atom stereocenters. The van der Waals surface area contributed by atoms with Crippen molar-refractivity contribution in [3.8, 4) is 11.3 Å². The van der Waals surface area contributed by atoms with Crippen LogP contribution in [-0.2, 0) is 16.1 Å². The Morgan fingerprint density at radius 2 is 2.12 bits per heavy atom. The van der Waals surface area contributed by atoms with E-state index in [4.69, 9.17) is 4.74 Å². The molecule has 3 atom stereocenters. The molecule has 1 amide bonds. The molecule has 3 N–H and O–H groups in total. The number of nitrogens with zero attached hydrogens (tertiary/aromatic N) is 4. The van der Waals surface area contributed by atoms with Crippen LogP contribution in [0.15, 0.2) is 29.2 Å². The lowest BCUT2D eigenvalue weighted by molar-refractivity contribution is -0.132. The number of pyridine rings is 1. The number of fused-ring (bicyclic) bond motifs is 1. The minimum Gasteiger partial charge on any atom is -0.389 e. The number of anilines is 1. The van der Waals surface area contributed by atoms with E-state index in [1.807, 2.05) is 13.0 Å². The predicted octanol–water partition coefficient (Wildman–Crippen LogP) is 3.15. The van der Waals surface area contributed by atoms with Gasteiger partial charge in [-0.2, -0.15) is 0 Å². The maximum atomic E-state index is 15.1. The Labute approximate surface area is 244 Å². The van der Waals surface area contributed by atoms with Crippen LogP contribution in [0.3, 0.4) is 0 Å². The number of aromatic nitrogens is 3. The van der Waals surface area contributed by atoms with Gasteiger partial charge < -0.3 is 25.0 Å². The Morgan fingerprint density at radius 3 is 2.88 bits per heavy atom. The van der Waals surface area contributed by atoms with Crippen molar-refractivity contribution in [1.29, 1.82) is 0 Å². The van der Waals surface area contributed by atoms with Crippen LogP contribution in [0.1, 0.15) is 56.8 Å². The molecule has 11 heteroatoms. The fraction of sp³-hybridized carbons (Fsp3) is 0.548. The van der Waals surface area contributed by atoms with Crippen molar-refractivity contribution in [2.45, 2.75) is 71.2 Å². The molecular formula is C31H39FN6O4. The quantitative estimate of drug-likeness (QED) is 0.408. The highest BCUT2D eigenvalue weighted by atomic mass is 19.1. The number of hydrogen-bond donors (Lipinski definition) is 3. The third-order valence-electron chi connectivity index (χ3n) is 9.15. The lowest BCUT2D eigenvalue weighted by Crippen LogP contribution is -2.47. The van der Waals surface area contributed by atoms with Crippen LogP contribution < -0.4 is 16.1 Å². The summed E-state index contributed by atoms with van der Waals surface area (Å²) >= 11 is 0. The first-order valence-corrected chi connectivity index (χ1v) is 14.9. The van der Waals surface area contributed by atoms with Crippen LogP contribution in [-0.4, -0.2) is 75.4 Å². The second-order valence-electron chi connectivity index (χ2n) is 12.3. The van der Waals surface area contributed by atoms with Gasteiger partial charge in [-0.3, -0.25) is 14.5 Å². The Balaban J connectivity index is 1.37. The third-order valence-corrected chi connectivity index (χ3v) is 9.15. The minimum atomic E-state index is -0.711. The molecule has 0 saturated carbocycles. The van der Waals surface area contributed by atoms with E-state index in [1.165, 1.54) is 0 Å². The highest BCUT2D eigenvalue weighted by Crippen LogP contribution is 2.38. The SMILES string of the molecule is Cc1c(CN2CC[C@@]3(CCCNC3=O)C2)n(C(C)C)c2cc(-c3nc(N[C@@H]4CCOC[C@H]4O)ncc3F)ccc2c1=O. The number of rotatable bonds is 6. The van der Waals surface area contributed by atoms with Crippen molar-refractivity contribution in [2.24, 2.45) is 5.41 Å². The number of amides is 1. The fourth-order valence-electron chi connectivity index (χ4n) is 6.83. The van der Waals surface area contributed by atoms with Gasteiger partial charge in [-0.25, -0.2) is 14.4 Å². The van der Waals surface area contributed by atoms with Gasteiger partial charge in [-0.15, -0.1) is 0 Å². The lowest BCUT2D eigenvalue weighted by Gasteiger charge is -2.32.